The molecule has 2 heteroatoms. The quantitative estimate of drug-likeness (QED) is 0.528. The average molecular weight is 292 g/mol. The summed E-state index contributed by atoms with van der Waals surface area (Å²) in [5.41, 5.74) is 0.509. The van der Waals surface area contributed by atoms with Gasteiger partial charge in [0.25, 0.3) is 0 Å². The summed E-state index contributed by atoms with van der Waals surface area (Å²) in [6.45, 7) is 12.9. The molecule has 0 aliphatic heterocycles. The van der Waals surface area contributed by atoms with Crippen molar-refractivity contribution in [2.45, 2.75) is 59.8 Å². The van der Waals surface area contributed by atoms with Crippen LogP contribution in [0.1, 0.15) is 59.8 Å². The minimum absolute atomic E-state index is 0.509. The first kappa shape index (κ1) is 16.4. The average Bonchev–Trinajstić information content (AvgIpc) is 2.29. The number of nitrogens with zero attached hydrogens (tertiary/aromatic N) is 1. The molecule has 0 aliphatic rings. The van der Waals surface area contributed by atoms with Gasteiger partial charge in [0.1, 0.15) is 0 Å². The fourth-order valence-corrected chi connectivity index (χ4v) is 3.40. The van der Waals surface area contributed by atoms with Gasteiger partial charge < -0.3 is 4.90 Å². The zero-order valence-corrected chi connectivity index (χ0v) is 13.3. The zero-order chi connectivity index (χ0) is 12.4. The molecule has 0 aromatic carbocycles. The molecule has 1 nitrogen and oxygen atoms in total. The van der Waals surface area contributed by atoms with E-state index in [1.807, 2.05) is 0 Å². The van der Waals surface area contributed by atoms with Crippen LogP contribution in [0.4, 0.5) is 0 Å². The third-order valence-electron chi connectivity index (χ3n) is 3.39. The highest BCUT2D eigenvalue weighted by atomic mass is 79.9. The van der Waals surface area contributed by atoms with Crippen LogP contribution in [0.25, 0.3) is 0 Å². The third-order valence-corrected chi connectivity index (χ3v) is 4.58. The molecule has 0 radical (unpaired) electrons. The lowest BCUT2D eigenvalue weighted by Gasteiger charge is -2.37. The first-order valence-corrected chi connectivity index (χ1v) is 8.08. The van der Waals surface area contributed by atoms with Crippen molar-refractivity contribution in [3.8, 4) is 0 Å². The second kappa shape index (κ2) is 9.47. The zero-order valence-electron chi connectivity index (χ0n) is 11.7. The second-order valence-corrected chi connectivity index (χ2v) is 5.56. The normalized spacial score (nSPS) is 12.4. The highest BCUT2D eigenvalue weighted by Crippen LogP contribution is 2.33. The molecule has 0 aliphatic carbocycles. The smallest absolute Gasteiger partial charge is 0.0100 e. The van der Waals surface area contributed by atoms with Gasteiger partial charge in [-0.15, -0.1) is 0 Å². The summed E-state index contributed by atoms with van der Waals surface area (Å²) in [7, 11) is 0. The van der Waals surface area contributed by atoms with Gasteiger partial charge in [-0.2, -0.15) is 0 Å². The minimum Gasteiger partial charge on any atom is -0.303 e. The fourth-order valence-electron chi connectivity index (χ4n) is 2.66. The Hall–Kier alpha value is 0.440. The van der Waals surface area contributed by atoms with Crippen molar-refractivity contribution in [2.75, 3.05) is 25.0 Å². The molecule has 98 valence electrons. The molecule has 0 fully saturated rings. The van der Waals surface area contributed by atoms with Crippen molar-refractivity contribution in [1.29, 1.82) is 0 Å². The van der Waals surface area contributed by atoms with Gasteiger partial charge in [0.15, 0.2) is 0 Å². The van der Waals surface area contributed by atoms with Crippen LogP contribution in [0, 0.1) is 5.41 Å². The van der Waals surface area contributed by atoms with Crippen LogP contribution in [0.3, 0.4) is 0 Å². The van der Waals surface area contributed by atoms with Crippen LogP contribution in [-0.2, 0) is 0 Å². The molecule has 0 saturated carbocycles. The molecule has 0 aromatic heterocycles. The van der Waals surface area contributed by atoms with Crippen LogP contribution >= 0.6 is 15.9 Å². The lowest BCUT2D eigenvalue weighted by Crippen LogP contribution is -2.39. The Kier molecular flexibility index (Phi) is 9.73. The molecule has 0 rings (SSSR count). The maximum atomic E-state index is 3.76. The summed E-state index contributed by atoms with van der Waals surface area (Å²) in [6, 6.07) is 0. The maximum Gasteiger partial charge on any atom is 0.0100 e. The van der Waals surface area contributed by atoms with Gasteiger partial charge in [0, 0.05) is 11.9 Å². The summed E-state index contributed by atoms with van der Waals surface area (Å²) in [4.78, 5) is 2.62. The number of halogens is 1. The van der Waals surface area contributed by atoms with Crippen molar-refractivity contribution in [1.82, 2.24) is 4.90 Å². The van der Waals surface area contributed by atoms with E-state index in [4.69, 9.17) is 0 Å². The van der Waals surface area contributed by atoms with E-state index in [1.54, 1.807) is 0 Å². The Balaban J connectivity index is 4.46. The Morgan fingerprint density at radius 1 is 0.938 bits per heavy atom. The van der Waals surface area contributed by atoms with Crippen molar-refractivity contribution in [3.63, 3.8) is 0 Å². The standard InChI is InChI=1S/C14H30BrN/c1-5-9-14(12-15,10-6-2)13-16(8-4)11-7-3/h5-13H2,1-4H3. The molecule has 0 N–H and O–H groups in total. The van der Waals surface area contributed by atoms with Crippen LogP contribution in [-0.4, -0.2) is 29.9 Å². The van der Waals surface area contributed by atoms with E-state index in [9.17, 15) is 0 Å². The van der Waals surface area contributed by atoms with E-state index in [0.29, 0.717) is 5.41 Å². The molecule has 0 bridgehead atoms. The first-order chi connectivity index (χ1) is 7.67. The second-order valence-electron chi connectivity index (χ2n) is 5.00. The Morgan fingerprint density at radius 2 is 1.50 bits per heavy atom. The van der Waals surface area contributed by atoms with E-state index >= 15 is 0 Å². The highest BCUT2D eigenvalue weighted by Gasteiger charge is 2.28. The van der Waals surface area contributed by atoms with Crippen molar-refractivity contribution in [2.24, 2.45) is 5.41 Å². The maximum absolute atomic E-state index is 3.76. The Labute approximate surface area is 111 Å². The fraction of sp³-hybridized carbons (Fsp3) is 1.00. The number of hydrogen-bond acceptors (Lipinski definition) is 1. The van der Waals surface area contributed by atoms with Crippen LogP contribution in [0.5, 0.6) is 0 Å². The van der Waals surface area contributed by atoms with E-state index in [1.165, 1.54) is 51.7 Å². The van der Waals surface area contributed by atoms with Crippen LogP contribution < -0.4 is 0 Å². The summed E-state index contributed by atoms with van der Waals surface area (Å²) in [6.07, 6.45) is 6.58. The first-order valence-electron chi connectivity index (χ1n) is 6.96. The lowest BCUT2D eigenvalue weighted by atomic mass is 9.80. The number of rotatable bonds is 10. The summed E-state index contributed by atoms with van der Waals surface area (Å²) in [5, 5.41) is 1.15. The molecular formula is C14H30BrN. The van der Waals surface area contributed by atoms with Gasteiger partial charge in [-0.25, -0.2) is 0 Å². The van der Waals surface area contributed by atoms with Gasteiger partial charge in [-0.3, -0.25) is 0 Å². The summed E-state index contributed by atoms with van der Waals surface area (Å²) >= 11 is 3.76. The van der Waals surface area contributed by atoms with Gasteiger partial charge in [-0.1, -0.05) is 56.5 Å². The van der Waals surface area contributed by atoms with E-state index < -0.39 is 0 Å². The largest absolute Gasteiger partial charge is 0.303 e. The van der Waals surface area contributed by atoms with Crippen LogP contribution in [0.15, 0.2) is 0 Å². The predicted octanol–water partition coefficient (Wildman–Crippen LogP) is 4.70. The number of alkyl halides is 1. The van der Waals surface area contributed by atoms with Gasteiger partial charge in [-0.05, 0) is 37.8 Å². The summed E-state index contributed by atoms with van der Waals surface area (Å²) < 4.78 is 0. The Morgan fingerprint density at radius 3 is 1.81 bits per heavy atom. The van der Waals surface area contributed by atoms with Crippen molar-refractivity contribution >= 4 is 15.9 Å². The predicted molar refractivity (Wildman–Crippen MR) is 78.4 cm³/mol. The van der Waals surface area contributed by atoms with E-state index in [-0.39, 0.29) is 0 Å². The molecule has 0 saturated heterocycles. The van der Waals surface area contributed by atoms with Crippen molar-refractivity contribution in [3.05, 3.63) is 0 Å². The SMILES string of the molecule is CCCN(CC)CC(CBr)(CCC)CCC. The van der Waals surface area contributed by atoms with Crippen LogP contribution in [0.2, 0.25) is 0 Å². The lowest BCUT2D eigenvalue weighted by molar-refractivity contribution is 0.152. The molecule has 0 unspecified atom stereocenters. The molecular weight excluding hydrogens is 262 g/mol. The molecule has 0 aromatic rings. The van der Waals surface area contributed by atoms with Gasteiger partial charge >= 0.3 is 0 Å². The molecule has 0 spiro atoms. The topological polar surface area (TPSA) is 3.24 Å². The molecule has 16 heavy (non-hydrogen) atoms. The van der Waals surface area contributed by atoms with Gasteiger partial charge in [0.2, 0.25) is 0 Å². The van der Waals surface area contributed by atoms with Crippen molar-refractivity contribution < 1.29 is 0 Å². The monoisotopic (exact) mass is 291 g/mol. The third kappa shape index (κ3) is 5.67. The van der Waals surface area contributed by atoms with E-state index in [0.717, 1.165) is 5.33 Å². The molecule has 0 amide bonds. The minimum atomic E-state index is 0.509. The molecule has 0 atom stereocenters. The number of hydrogen-bond donors (Lipinski definition) is 0. The summed E-state index contributed by atoms with van der Waals surface area (Å²) in [5.74, 6) is 0. The van der Waals surface area contributed by atoms with Gasteiger partial charge in [0.05, 0.1) is 0 Å². The Bertz CT molecular complexity index is 153. The highest BCUT2D eigenvalue weighted by molar-refractivity contribution is 9.09. The van der Waals surface area contributed by atoms with E-state index in [2.05, 4.69) is 48.5 Å². The molecule has 0 heterocycles.